The Morgan fingerprint density at radius 2 is 0.650 bits per heavy atom. The fourth-order valence-electron chi connectivity index (χ4n) is 8.27. The fourth-order valence-corrected chi connectivity index (χ4v) is 9.06. The molecule has 0 radical (unpaired) electrons. The smallest absolute Gasteiger partial charge is 0.350 e. The molecule has 0 fully saturated rings. The number of hydrogen-bond donors (Lipinski definition) is 0. The lowest BCUT2D eigenvalue weighted by Crippen LogP contribution is -3.00. The SMILES string of the molecule is BrCCCCCCCCCCCCBr.C.CN(C)c1ccc(N=Nc2cccc[n+]2CCCCCCCCCCCC[n+]2ccccc2N=Nc2ccc(N(C)C)cc2)cc1.CN(C)c1ccc(N=Nc2ccccn2)cc1.[Br-].[Br-]. The van der Waals surface area contributed by atoms with Crippen LogP contribution in [-0.2, 0) is 13.1 Å². The van der Waals surface area contributed by atoms with E-state index in [4.69, 9.17) is 0 Å². The van der Waals surface area contributed by atoms with Crippen molar-refractivity contribution in [3.63, 3.8) is 0 Å². The number of aryl methyl sites for hydroxylation is 2. The summed E-state index contributed by atoms with van der Waals surface area (Å²) in [4.78, 5) is 10.3. The zero-order valence-electron chi connectivity index (χ0n) is 48.2. The third-order valence-corrected chi connectivity index (χ3v) is 14.1. The molecule has 3 heterocycles. The van der Waals surface area contributed by atoms with E-state index in [2.05, 4.69) is 135 Å². The van der Waals surface area contributed by atoms with Gasteiger partial charge in [-0.05, 0) is 146 Å². The maximum Gasteiger partial charge on any atom is 0.350 e. The van der Waals surface area contributed by atoms with Crippen LogP contribution in [0.3, 0.4) is 0 Å². The van der Waals surface area contributed by atoms with E-state index in [-0.39, 0.29) is 41.4 Å². The van der Waals surface area contributed by atoms with Crippen molar-refractivity contribution in [1.29, 1.82) is 0 Å². The van der Waals surface area contributed by atoms with Crippen LogP contribution in [0.15, 0.2) is 177 Å². The summed E-state index contributed by atoms with van der Waals surface area (Å²) in [5.41, 5.74) is 6.01. The van der Waals surface area contributed by atoms with Crippen LogP contribution in [0.5, 0.6) is 0 Å². The van der Waals surface area contributed by atoms with E-state index in [0.717, 1.165) is 71.7 Å². The summed E-state index contributed by atoms with van der Waals surface area (Å²) in [6.45, 7) is 1.95. The van der Waals surface area contributed by atoms with E-state index in [1.165, 1.54) is 126 Å². The lowest BCUT2D eigenvalue weighted by Gasteiger charge is -2.11. The molecule has 0 amide bonds. The molecule has 3 aromatic carbocycles. The molecule has 0 spiro atoms. The third-order valence-electron chi connectivity index (χ3n) is 13.0. The molecule has 0 unspecified atom stereocenters. The fraction of sp³-hybridized carbons (Fsp3) is 0.484. The third kappa shape index (κ3) is 32.6. The number of hydrogen-bond acceptors (Lipinski definition) is 10. The van der Waals surface area contributed by atoms with Crippen LogP contribution < -0.4 is 57.8 Å². The Morgan fingerprint density at radius 1 is 0.350 bits per heavy atom. The second-order valence-electron chi connectivity index (χ2n) is 20.0. The van der Waals surface area contributed by atoms with Crippen LogP contribution in [0, 0.1) is 0 Å². The molecule has 0 N–H and O–H groups in total. The highest BCUT2D eigenvalue weighted by molar-refractivity contribution is 9.09. The van der Waals surface area contributed by atoms with Gasteiger partial charge in [-0.3, -0.25) is 0 Å². The number of pyridine rings is 3. The lowest BCUT2D eigenvalue weighted by molar-refractivity contribution is -0.685. The van der Waals surface area contributed by atoms with Crippen LogP contribution in [0.2, 0.25) is 0 Å². The van der Waals surface area contributed by atoms with Gasteiger partial charge in [0.15, 0.2) is 5.82 Å². The Bertz CT molecular complexity index is 2380. The summed E-state index contributed by atoms with van der Waals surface area (Å²) in [6.07, 6.45) is 32.8. The van der Waals surface area contributed by atoms with Gasteiger partial charge in [-0.25, -0.2) is 14.1 Å². The number of aromatic nitrogens is 3. The number of benzene rings is 3. The van der Waals surface area contributed by atoms with Gasteiger partial charge < -0.3 is 48.7 Å². The monoisotopic (exact) mass is 1350 g/mol. The number of alkyl halides is 2. The first-order chi connectivity index (χ1) is 37.7. The highest BCUT2D eigenvalue weighted by Gasteiger charge is 2.11. The van der Waals surface area contributed by atoms with Gasteiger partial charge in [0.2, 0.25) is 0 Å². The highest BCUT2D eigenvalue weighted by Crippen LogP contribution is 2.23. The Hall–Kier alpha value is -4.77. The number of anilines is 3. The van der Waals surface area contributed by atoms with Crippen molar-refractivity contribution in [2.45, 2.75) is 149 Å². The van der Waals surface area contributed by atoms with Crippen molar-refractivity contribution in [2.75, 3.05) is 67.6 Å². The number of halogens is 4. The molecular weight excluding hydrogens is 1260 g/mol. The zero-order valence-corrected chi connectivity index (χ0v) is 54.5. The number of rotatable bonds is 33. The molecule has 0 aliphatic carbocycles. The molecule has 0 saturated carbocycles. The summed E-state index contributed by atoms with van der Waals surface area (Å²) in [5.74, 6) is 2.41. The molecule has 80 heavy (non-hydrogen) atoms. The van der Waals surface area contributed by atoms with Crippen molar-refractivity contribution in [3.05, 3.63) is 146 Å². The number of unbranched alkanes of at least 4 members (excludes halogenated alkanes) is 18. The Labute approximate surface area is 521 Å². The van der Waals surface area contributed by atoms with Crippen molar-refractivity contribution in [2.24, 2.45) is 30.7 Å². The lowest BCUT2D eigenvalue weighted by atomic mass is 10.1. The summed E-state index contributed by atoms with van der Waals surface area (Å²) < 4.78 is 4.42. The van der Waals surface area contributed by atoms with Gasteiger partial charge in [0.25, 0.3) is 0 Å². The van der Waals surface area contributed by atoms with Gasteiger partial charge in [-0.15, -0.1) is 10.2 Å². The minimum absolute atomic E-state index is 0. The number of nitrogens with zero attached hydrogens (tertiary/aromatic N) is 12. The molecule has 6 rings (SSSR count). The number of azo groups is 3. The van der Waals surface area contributed by atoms with Gasteiger partial charge in [0.05, 0.1) is 41.4 Å². The second kappa shape index (κ2) is 46.8. The molecule has 0 bridgehead atoms. The molecule has 12 nitrogen and oxygen atoms in total. The second-order valence-corrected chi connectivity index (χ2v) is 21.6. The molecule has 0 saturated heterocycles. The normalized spacial score (nSPS) is 10.8. The largest absolute Gasteiger partial charge is 1.00 e. The first-order valence-electron chi connectivity index (χ1n) is 28.2. The van der Waals surface area contributed by atoms with Gasteiger partial charge in [0, 0.05) is 88.3 Å². The predicted molar refractivity (Wildman–Crippen MR) is 339 cm³/mol. The van der Waals surface area contributed by atoms with Crippen molar-refractivity contribution in [3.8, 4) is 0 Å². The summed E-state index contributed by atoms with van der Waals surface area (Å²) in [7, 11) is 12.2. The molecule has 438 valence electrons. The van der Waals surface area contributed by atoms with Crippen LogP contribution in [-0.4, -0.2) is 57.9 Å². The summed E-state index contributed by atoms with van der Waals surface area (Å²) in [6, 6.07) is 42.0. The minimum atomic E-state index is 0. The minimum Gasteiger partial charge on any atom is -1.00 e. The standard InChI is InChI=1S/C38H52N8.C13H14N4.C12H24Br2.CH4.2BrH/c1-43(2)35-25-21-33(22-26-35)39-41-37-19-13-17-31-45(37)29-15-11-9-7-5-6-8-10-12-16-30-46-32-18-14-20-38(46)42-40-34-23-27-36(28-24-34)44(3)4;1-17(2)12-8-6-11(7-9-12)15-16-13-5-3-4-10-14-13;13-11-9-7-5-3-1-2-4-6-8-10-12-14;;;/h13-14,17-28,31-32H,5-12,15-16,29-30H2,1-4H3;3-10H,1-2H3;1-12H2;1H4;2*1H/q+2;;;;;/p-2. The van der Waals surface area contributed by atoms with Crippen LogP contribution in [0.25, 0.3) is 0 Å². The predicted octanol–water partition coefficient (Wildman–Crippen LogP) is 13.7. The molecular formula is C64H94Br4N12. The van der Waals surface area contributed by atoms with E-state index in [1.54, 1.807) is 6.20 Å². The van der Waals surface area contributed by atoms with E-state index >= 15 is 0 Å². The van der Waals surface area contributed by atoms with Crippen molar-refractivity contribution in [1.82, 2.24) is 4.98 Å². The summed E-state index contributed by atoms with van der Waals surface area (Å²) >= 11 is 6.93. The quantitative estimate of drug-likeness (QED) is 0.0177. The Balaban J connectivity index is 0.000000770. The highest BCUT2D eigenvalue weighted by atomic mass is 79.9. The molecule has 0 aliphatic rings. The molecule has 0 atom stereocenters. The average Bonchev–Trinajstić information content (AvgIpc) is 3.45. The molecule has 16 heteroatoms. The van der Waals surface area contributed by atoms with E-state index in [9.17, 15) is 0 Å². The molecule has 0 aliphatic heterocycles. The maximum absolute atomic E-state index is 4.53. The first kappa shape index (κ1) is 73.2. The maximum atomic E-state index is 4.53. The van der Waals surface area contributed by atoms with Gasteiger partial charge >= 0.3 is 11.6 Å². The Kier molecular flexibility index (Phi) is 42.8. The average molecular weight is 1350 g/mol. The topological polar surface area (TPSA) is 105 Å². The van der Waals surface area contributed by atoms with Gasteiger partial charge in [0.1, 0.15) is 11.4 Å². The van der Waals surface area contributed by atoms with Crippen LogP contribution in [0.1, 0.15) is 136 Å². The Morgan fingerprint density at radius 3 is 0.950 bits per heavy atom. The first-order valence-corrected chi connectivity index (χ1v) is 30.5. The van der Waals surface area contributed by atoms with Crippen LogP contribution >= 0.6 is 31.9 Å². The van der Waals surface area contributed by atoms with E-state index in [1.807, 2.05) is 138 Å². The van der Waals surface area contributed by atoms with Gasteiger partial charge in [-0.2, -0.15) is 0 Å². The van der Waals surface area contributed by atoms with Crippen LogP contribution in [0.4, 0.5) is 51.6 Å². The van der Waals surface area contributed by atoms with Gasteiger partial charge in [-0.1, -0.05) is 147 Å². The summed E-state index contributed by atoms with van der Waals surface area (Å²) in [5, 5.41) is 28.5. The van der Waals surface area contributed by atoms with E-state index < -0.39 is 0 Å². The zero-order chi connectivity index (χ0) is 55.0. The van der Waals surface area contributed by atoms with Crippen molar-refractivity contribution < 1.29 is 43.1 Å². The van der Waals surface area contributed by atoms with Crippen molar-refractivity contribution >= 4 is 83.4 Å². The molecule has 3 aromatic heterocycles. The molecule has 6 aromatic rings. The van der Waals surface area contributed by atoms with E-state index in [0.29, 0.717) is 5.82 Å².